The van der Waals surface area contributed by atoms with Gasteiger partial charge in [-0.2, -0.15) is 0 Å². The lowest BCUT2D eigenvalue weighted by molar-refractivity contribution is -0.873. The number of ether oxygens (including phenoxy) is 1. The van der Waals surface area contributed by atoms with Gasteiger partial charge in [-0.05, 0) is 6.42 Å². The maximum absolute atomic E-state index is 12.0. The molecule has 6 heteroatoms. The van der Waals surface area contributed by atoms with Crippen LogP contribution in [0.15, 0.2) is 0 Å². The van der Waals surface area contributed by atoms with Crippen LogP contribution in [0.2, 0.25) is 0 Å². The summed E-state index contributed by atoms with van der Waals surface area (Å²) in [6.45, 7) is -1.34. The first-order valence-electron chi connectivity index (χ1n) is 11.6. The van der Waals surface area contributed by atoms with E-state index in [1.807, 2.05) is 21.1 Å². The Morgan fingerprint density at radius 1 is 0.926 bits per heavy atom. The summed E-state index contributed by atoms with van der Waals surface area (Å²) in [6.07, 6.45) is 10.0. The molecule has 0 N–H and O–H groups in total. The van der Waals surface area contributed by atoms with Gasteiger partial charge < -0.3 is 19.1 Å². The highest BCUT2D eigenvalue weighted by Gasteiger charge is 2.22. The van der Waals surface area contributed by atoms with Gasteiger partial charge in [0.15, 0.2) is 6.10 Å². The SMILES string of the molecule is Cl.[2H]C([2H])([2H])CCCCCCCCCCCCC(=O)OC(CC(=O)[O-])C[N+](C)(C)C. The molecule has 0 aromatic rings. The fraction of sp³-hybridized carbons (Fsp3) is 0.905. The molecule has 0 saturated carbocycles. The van der Waals surface area contributed by atoms with Crippen molar-refractivity contribution in [3.63, 3.8) is 0 Å². The molecular formula is C21H42ClNO4. The van der Waals surface area contributed by atoms with Gasteiger partial charge >= 0.3 is 5.97 Å². The lowest BCUT2D eigenvalue weighted by Crippen LogP contribution is -2.45. The maximum Gasteiger partial charge on any atom is 0.306 e. The summed E-state index contributed by atoms with van der Waals surface area (Å²) >= 11 is 0. The van der Waals surface area contributed by atoms with Gasteiger partial charge in [-0.3, -0.25) is 4.79 Å². The van der Waals surface area contributed by atoms with Crippen molar-refractivity contribution in [2.45, 2.75) is 96.4 Å². The Morgan fingerprint density at radius 2 is 1.41 bits per heavy atom. The Hall–Kier alpha value is -0.810. The number of hydrogen-bond acceptors (Lipinski definition) is 4. The summed E-state index contributed by atoms with van der Waals surface area (Å²) in [7, 11) is 5.77. The fourth-order valence-corrected chi connectivity index (χ4v) is 2.99. The van der Waals surface area contributed by atoms with Crippen LogP contribution in [0.3, 0.4) is 0 Å². The number of carboxylic acids is 1. The van der Waals surface area contributed by atoms with E-state index in [0.29, 0.717) is 23.9 Å². The molecule has 0 spiro atoms. The molecule has 27 heavy (non-hydrogen) atoms. The van der Waals surface area contributed by atoms with Gasteiger partial charge in [0, 0.05) is 22.9 Å². The average Bonchev–Trinajstić information content (AvgIpc) is 2.52. The van der Waals surface area contributed by atoms with E-state index in [2.05, 4.69) is 0 Å². The average molecular weight is 411 g/mol. The number of carbonyl (C=O) groups is 2. The molecule has 0 aromatic heterocycles. The van der Waals surface area contributed by atoms with E-state index in [0.717, 1.165) is 51.4 Å². The van der Waals surface area contributed by atoms with E-state index < -0.39 is 18.9 Å². The minimum absolute atomic E-state index is 0. The molecule has 0 fully saturated rings. The van der Waals surface area contributed by atoms with Crippen molar-refractivity contribution in [2.24, 2.45) is 0 Å². The van der Waals surface area contributed by atoms with Crippen LogP contribution in [-0.4, -0.2) is 50.2 Å². The predicted octanol–water partition coefficient (Wildman–Crippen LogP) is 3.87. The van der Waals surface area contributed by atoms with Gasteiger partial charge in [0.25, 0.3) is 0 Å². The maximum atomic E-state index is 12.0. The zero-order chi connectivity index (χ0) is 22.3. The topological polar surface area (TPSA) is 66.4 Å². The van der Waals surface area contributed by atoms with E-state index in [1.54, 1.807) is 0 Å². The standard InChI is InChI=1S/C21H41NO4.ClH/c1-5-6-7-8-9-10-11-12-13-14-15-16-21(25)26-19(17-20(23)24)18-22(2,3)4;/h19H,5-18H2,1-4H3;1H/i1D3;. The third-order valence-corrected chi connectivity index (χ3v) is 4.25. The second kappa shape index (κ2) is 17.3. The van der Waals surface area contributed by atoms with Crippen molar-refractivity contribution >= 4 is 24.3 Å². The molecule has 0 radical (unpaired) electrons. The number of rotatable bonds is 17. The summed E-state index contributed by atoms with van der Waals surface area (Å²) < 4.78 is 27.3. The Balaban J connectivity index is 0. The molecule has 0 aliphatic heterocycles. The normalized spacial score (nSPS) is 14.4. The highest BCUT2D eigenvalue weighted by Crippen LogP contribution is 2.13. The van der Waals surface area contributed by atoms with E-state index in [1.165, 1.54) is 12.8 Å². The zero-order valence-electron chi connectivity index (χ0n) is 20.5. The molecule has 0 heterocycles. The van der Waals surface area contributed by atoms with Crippen LogP contribution in [0, 0.1) is 0 Å². The molecule has 0 aliphatic rings. The van der Waals surface area contributed by atoms with Crippen molar-refractivity contribution in [1.29, 1.82) is 0 Å². The molecule has 0 aliphatic carbocycles. The van der Waals surface area contributed by atoms with Gasteiger partial charge in [-0.1, -0.05) is 71.1 Å². The smallest absolute Gasteiger partial charge is 0.306 e. The minimum atomic E-state index is -1.79. The number of carboxylic acid groups (broad SMARTS) is 1. The number of carbonyl (C=O) groups excluding carboxylic acids is 2. The first kappa shape index (κ1) is 22.5. The highest BCUT2D eigenvalue weighted by atomic mass is 35.5. The first-order valence-corrected chi connectivity index (χ1v) is 10.1. The van der Waals surface area contributed by atoms with Gasteiger partial charge in [-0.15, -0.1) is 12.4 Å². The quantitative estimate of drug-likeness (QED) is 0.207. The molecule has 0 rings (SSSR count). The lowest BCUT2D eigenvalue weighted by Gasteiger charge is -2.29. The van der Waals surface area contributed by atoms with E-state index in [9.17, 15) is 14.7 Å². The summed E-state index contributed by atoms with van der Waals surface area (Å²) in [5.74, 6) is -1.53. The van der Waals surface area contributed by atoms with E-state index in [-0.39, 0.29) is 24.8 Å². The van der Waals surface area contributed by atoms with Gasteiger partial charge in [0.05, 0.1) is 21.1 Å². The van der Waals surface area contributed by atoms with Gasteiger partial charge in [-0.25, -0.2) is 0 Å². The highest BCUT2D eigenvalue weighted by molar-refractivity contribution is 5.85. The number of likely N-dealkylation sites (N-methyl/N-ethyl adjacent to an activating group) is 1. The monoisotopic (exact) mass is 410 g/mol. The number of unbranched alkanes of at least 4 members (excludes halogenated alkanes) is 9. The molecule has 162 valence electrons. The summed E-state index contributed by atoms with van der Waals surface area (Å²) in [5.41, 5.74) is 0. The second-order valence-corrected chi connectivity index (χ2v) is 8.20. The van der Waals surface area contributed by atoms with Crippen molar-refractivity contribution < 1.29 is 28.0 Å². The number of esters is 1. The molecule has 0 amide bonds. The predicted molar refractivity (Wildman–Crippen MR) is 111 cm³/mol. The Bertz CT molecular complexity index is 468. The van der Waals surface area contributed by atoms with Gasteiger partial charge in [0.1, 0.15) is 6.54 Å². The van der Waals surface area contributed by atoms with Crippen molar-refractivity contribution in [1.82, 2.24) is 0 Å². The van der Waals surface area contributed by atoms with Crippen molar-refractivity contribution in [3.8, 4) is 0 Å². The molecule has 0 aromatic carbocycles. The summed E-state index contributed by atoms with van der Waals surface area (Å²) in [6, 6.07) is 0. The second-order valence-electron chi connectivity index (χ2n) is 8.20. The zero-order valence-corrected chi connectivity index (χ0v) is 18.3. The van der Waals surface area contributed by atoms with Crippen LogP contribution in [0.5, 0.6) is 0 Å². The number of aliphatic carboxylic acids is 1. The Morgan fingerprint density at radius 3 is 1.85 bits per heavy atom. The number of quaternary nitrogens is 1. The van der Waals surface area contributed by atoms with Crippen LogP contribution in [0.1, 0.15) is 94.4 Å². The fourth-order valence-electron chi connectivity index (χ4n) is 2.99. The van der Waals surface area contributed by atoms with Crippen LogP contribution in [-0.2, 0) is 14.3 Å². The minimum Gasteiger partial charge on any atom is -0.550 e. The van der Waals surface area contributed by atoms with E-state index >= 15 is 0 Å². The molecule has 1 unspecified atom stereocenters. The Kier molecular flexibility index (Phi) is 14.4. The van der Waals surface area contributed by atoms with Crippen LogP contribution < -0.4 is 5.11 Å². The molecule has 1 atom stereocenters. The largest absolute Gasteiger partial charge is 0.550 e. The van der Waals surface area contributed by atoms with Crippen LogP contribution in [0.25, 0.3) is 0 Å². The third kappa shape index (κ3) is 21.3. The molecule has 0 saturated heterocycles. The van der Waals surface area contributed by atoms with Crippen LogP contribution in [0.4, 0.5) is 0 Å². The molecule has 0 bridgehead atoms. The van der Waals surface area contributed by atoms with Crippen LogP contribution >= 0.6 is 12.4 Å². The summed E-state index contributed by atoms with van der Waals surface area (Å²) in [4.78, 5) is 22.8. The number of hydrogen-bond donors (Lipinski definition) is 0. The molecular weight excluding hydrogens is 366 g/mol. The van der Waals surface area contributed by atoms with Crippen molar-refractivity contribution in [3.05, 3.63) is 0 Å². The first-order chi connectivity index (χ1) is 13.4. The van der Waals surface area contributed by atoms with E-state index in [4.69, 9.17) is 8.85 Å². The third-order valence-electron chi connectivity index (χ3n) is 4.25. The summed E-state index contributed by atoms with van der Waals surface area (Å²) in [5, 5.41) is 10.8. The van der Waals surface area contributed by atoms with Crippen molar-refractivity contribution in [2.75, 3.05) is 27.7 Å². The number of nitrogens with zero attached hydrogens (tertiary/aromatic N) is 1. The number of halogens is 1. The molecule has 5 nitrogen and oxygen atoms in total. The van der Waals surface area contributed by atoms with Gasteiger partial charge in [0.2, 0.25) is 0 Å². The lowest BCUT2D eigenvalue weighted by atomic mass is 10.1. The Labute approximate surface area is 177 Å².